The first-order valence-electron chi connectivity index (χ1n) is 9.17. The lowest BCUT2D eigenvalue weighted by Crippen LogP contribution is -2.44. The standard InChI is InChI=1S/C22H32N2S/c1-22(2,3)24(18-20-10-6-4-7-11-20)16-14-23-15-17-25-19-21-12-8-5-9-13-21/h4-13,23H,14-19H2,1-3H3. The third-order valence-corrected chi connectivity index (χ3v) is 5.29. The van der Waals surface area contributed by atoms with Gasteiger partial charge in [0.2, 0.25) is 0 Å². The van der Waals surface area contributed by atoms with Gasteiger partial charge in [-0.2, -0.15) is 11.8 Å². The first kappa shape index (κ1) is 20.0. The first-order valence-corrected chi connectivity index (χ1v) is 10.3. The van der Waals surface area contributed by atoms with E-state index in [1.807, 2.05) is 11.8 Å². The summed E-state index contributed by atoms with van der Waals surface area (Å²) in [4.78, 5) is 2.55. The number of hydrogen-bond acceptors (Lipinski definition) is 3. The highest BCUT2D eigenvalue weighted by atomic mass is 32.2. The van der Waals surface area contributed by atoms with E-state index in [1.165, 1.54) is 11.1 Å². The monoisotopic (exact) mass is 356 g/mol. The highest BCUT2D eigenvalue weighted by molar-refractivity contribution is 7.98. The summed E-state index contributed by atoms with van der Waals surface area (Å²) in [6.07, 6.45) is 0. The molecule has 2 aromatic carbocycles. The van der Waals surface area contributed by atoms with E-state index in [0.29, 0.717) is 0 Å². The zero-order valence-corrected chi connectivity index (χ0v) is 16.7. The Morgan fingerprint density at radius 2 is 1.44 bits per heavy atom. The number of benzene rings is 2. The largest absolute Gasteiger partial charge is 0.315 e. The van der Waals surface area contributed by atoms with Gasteiger partial charge in [-0.3, -0.25) is 4.90 Å². The lowest BCUT2D eigenvalue weighted by atomic mass is 10.0. The van der Waals surface area contributed by atoms with Crippen molar-refractivity contribution in [1.82, 2.24) is 10.2 Å². The van der Waals surface area contributed by atoms with Crippen molar-refractivity contribution in [1.29, 1.82) is 0 Å². The summed E-state index contributed by atoms with van der Waals surface area (Å²) in [5, 5.41) is 3.60. The van der Waals surface area contributed by atoms with Crippen molar-refractivity contribution in [2.45, 2.75) is 38.6 Å². The van der Waals surface area contributed by atoms with Crippen LogP contribution in [-0.2, 0) is 12.3 Å². The Kier molecular flexibility index (Phi) is 8.53. The molecule has 0 aromatic heterocycles. The molecule has 0 aliphatic heterocycles. The van der Waals surface area contributed by atoms with Crippen LogP contribution in [-0.4, -0.2) is 35.8 Å². The van der Waals surface area contributed by atoms with E-state index in [0.717, 1.165) is 37.7 Å². The second kappa shape index (κ2) is 10.6. The molecule has 3 heteroatoms. The van der Waals surface area contributed by atoms with Crippen molar-refractivity contribution < 1.29 is 0 Å². The van der Waals surface area contributed by atoms with E-state index in [4.69, 9.17) is 0 Å². The average Bonchev–Trinajstić information content (AvgIpc) is 2.61. The molecule has 0 amide bonds. The average molecular weight is 357 g/mol. The first-order chi connectivity index (χ1) is 12.1. The van der Waals surface area contributed by atoms with Gasteiger partial charge < -0.3 is 5.32 Å². The number of hydrogen-bond donors (Lipinski definition) is 1. The van der Waals surface area contributed by atoms with Crippen LogP contribution in [0.4, 0.5) is 0 Å². The van der Waals surface area contributed by atoms with Gasteiger partial charge in [-0.25, -0.2) is 0 Å². The van der Waals surface area contributed by atoms with Gasteiger partial charge in [0.05, 0.1) is 0 Å². The Morgan fingerprint density at radius 1 is 0.840 bits per heavy atom. The number of nitrogens with one attached hydrogen (secondary N) is 1. The molecule has 0 bridgehead atoms. The van der Waals surface area contributed by atoms with E-state index in [2.05, 4.69) is 91.7 Å². The Labute approximate surface area is 158 Å². The van der Waals surface area contributed by atoms with Crippen LogP contribution in [0.1, 0.15) is 31.9 Å². The Hall–Kier alpha value is -1.29. The van der Waals surface area contributed by atoms with Crippen LogP contribution in [0, 0.1) is 0 Å². The van der Waals surface area contributed by atoms with E-state index in [1.54, 1.807) is 0 Å². The Bertz CT molecular complexity index is 578. The molecule has 2 rings (SSSR count). The molecule has 0 saturated heterocycles. The maximum atomic E-state index is 3.60. The molecule has 136 valence electrons. The molecule has 0 saturated carbocycles. The van der Waals surface area contributed by atoms with Crippen molar-refractivity contribution in [3.8, 4) is 0 Å². The number of rotatable bonds is 10. The molecular formula is C22H32N2S. The predicted molar refractivity (Wildman–Crippen MR) is 112 cm³/mol. The molecule has 0 aliphatic carbocycles. The molecule has 0 atom stereocenters. The maximum Gasteiger partial charge on any atom is 0.0239 e. The SMILES string of the molecule is CC(C)(C)N(CCNCCSCc1ccccc1)Cc1ccccc1. The van der Waals surface area contributed by atoms with Crippen LogP contribution >= 0.6 is 11.8 Å². The molecule has 0 unspecified atom stereocenters. The quantitative estimate of drug-likeness (QED) is 0.615. The van der Waals surface area contributed by atoms with Gasteiger partial charge in [-0.1, -0.05) is 60.7 Å². The third-order valence-electron chi connectivity index (χ3n) is 4.26. The zero-order valence-electron chi connectivity index (χ0n) is 15.9. The fourth-order valence-electron chi connectivity index (χ4n) is 2.70. The summed E-state index contributed by atoms with van der Waals surface area (Å²) in [6, 6.07) is 21.5. The number of thioether (sulfide) groups is 1. The normalized spacial score (nSPS) is 11.8. The van der Waals surface area contributed by atoms with E-state index in [9.17, 15) is 0 Å². The predicted octanol–water partition coefficient (Wildman–Crippen LogP) is 4.81. The molecule has 0 heterocycles. The fraction of sp³-hybridized carbons (Fsp3) is 0.455. The lowest BCUT2D eigenvalue weighted by Gasteiger charge is -2.36. The van der Waals surface area contributed by atoms with Crippen LogP contribution in [0.15, 0.2) is 60.7 Å². The van der Waals surface area contributed by atoms with Crippen LogP contribution in [0.5, 0.6) is 0 Å². The van der Waals surface area contributed by atoms with Crippen molar-refractivity contribution in [3.05, 3.63) is 71.8 Å². The van der Waals surface area contributed by atoms with Crippen LogP contribution in [0.2, 0.25) is 0 Å². The highest BCUT2D eigenvalue weighted by Gasteiger charge is 2.20. The smallest absolute Gasteiger partial charge is 0.0239 e. The van der Waals surface area contributed by atoms with Gasteiger partial charge in [0.1, 0.15) is 0 Å². The fourth-order valence-corrected chi connectivity index (χ4v) is 3.56. The minimum atomic E-state index is 0.180. The van der Waals surface area contributed by atoms with Gasteiger partial charge >= 0.3 is 0 Å². The van der Waals surface area contributed by atoms with Gasteiger partial charge in [-0.05, 0) is 31.9 Å². The van der Waals surface area contributed by atoms with Crippen LogP contribution in [0.25, 0.3) is 0 Å². The van der Waals surface area contributed by atoms with Crippen LogP contribution in [0.3, 0.4) is 0 Å². The van der Waals surface area contributed by atoms with Crippen LogP contribution < -0.4 is 5.32 Å². The summed E-state index contributed by atoms with van der Waals surface area (Å²) in [5.74, 6) is 2.26. The number of nitrogens with zero attached hydrogens (tertiary/aromatic N) is 1. The topological polar surface area (TPSA) is 15.3 Å². The summed E-state index contributed by atoms with van der Waals surface area (Å²) in [7, 11) is 0. The zero-order chi connectivity index (χ0) is 18.0. The minimum Gasteiger partial charge on any atom is -0.315 e. The lowest BCUT2D eigenvalue weighted by molar-refractivity contribution is 0.129. The molecule has 0 aliphatic rings. The second-order valence-corrected chi connectivity index (χ2v) is 8.47. The molecule has 0 spiro atoms. The van der Waals surface area contributed by atoms with Gasteiger partial charge in [-0.15, -0.1) is 0 Å². The van der Waals surface area contributed by atoms with Gasteiger partial charge in [0.25, 0.3) is 0 Å². The van der Waals surface area contributed by atoms with E-state index < -0.39 is 0 Å². The van der Waals surface area contributed by atoms with Crippen molar-refractivity contribution in [2.75, 3.05) is 25.4 Å². The molecule has 0 fully saturated rings. The van der Waals surface area contributed by atoms with Gasteiger partial charge in [0.15, 0.2) is 0 Å². The summed E-state index contributed by atoms with van der Waals surface area (Å²) in [6.45, 7) is 11.1. The third kappa shape index (κ3) is 8.08. The maximum absolute atomic E-state index is 3.60. The van der Waals surface area contributed by atoms with E-state index >= 15 is 0 Å². The van der Waals surface area contributed by atoms with Crippen molar-refractivity contribution >= 4 is 11.8 Å². The highest BCUT2D eigenvalue weighted by Crippen LogP contribution is 2.16. The summed E-state index contributed by atoms with van der Waals surface area (Å²) >= 11 is 2.00. The van der Waals surface area contributed by atoms with Crippen molar-refractivity contribution in [2.24, 2.45) is 0 Å². The Morgan fingerprint density at radius 3 is 2.04 bits per heavy atom. The van der Waals surface area contributed by atoms with Crippen molar-refractivity contribution in [3.63, 3.8) is 0 Å². The molecule has 0 radical (unpaired) electrons. The van der Waals surface area contributed by atoms with Gasteiger partial charge in [0, 0.05) is 43.2 Å². The summed E-state index contributed by atoms with van der Waals surface area (Å²) < 4.78 is 0. The molecule has 1 N–H and O–H groups in total. The minimum absolute atomic E-state index is 0.180. The molecule has 25 heavy (non-hydrogen) atoms. The summed E-state index contributed by atoms with van der Waals surface area (Å²) in [5.41, 5.74) is 2.98. The van der Waals surface area contributed by atoms with E-state index in [-0.39, 0.29) is 5.54 Å². The second-order valence-electron chi connectivity index (χ2n) is 7.37. The molecular weight excluding hydrogens is 324 g/mol. The molecule has 2 aromatic rings. The molecule has 2 nitrogen and oxygen atoms in total. The Balaban J connectivity index is 1.63.